The summed E-state index contributed by atoms with van der Waals surface area (Å²) >= 11 is 2.36. The first kappa shape index (κ1) is 19.4. The van der Waals surface area contributed by atoms with E-state index in [0.29, 0.717) is 18.8 Å². The summed E-state index contributed by atoms with van der Waals surface area (Å²) in [5, 5.41) is 10.4. The average Bonchev–Trinajstić information content (AvgIpc) is 2.96. The minimum Gasteiger partial charge on any atom is -0.469 e. The molecule has 1 saturated carbocycles. The molecule has 1 aliphatic heterocycles. The van der Waals surface area contributed by atoms with Crippen molar-refractivity contribution in [3.8, 4) is 0 Å². The van der Waals surface area contributed by atoms with Gasteiger partial charge in [0.2, 0.25) is 0 Å². The lowest BCUT2D eigenvalue weighted by Gasteiger charge is -2.37. The highest BCUT2D eigenvalue weighted by Crippen LogP contribution is 2.43. The van der Waals surface area contributed by atoms with Crippen molar-refractivity contribution in [3.05, 3.63) is 0 Å². The Morgan fingerprint density at radius 1 is 1.26 bits per heavy atom. The van der Waals surface area contributed by atoms with Crippen LogP contribution in [0.2, 0.25) is 0 Å². The van der Waals surface area contributed by atoms with Gasteiger partial charge in [-0.15, -0.1) is 0 Å². The van der Waals surface area contributed by atoms with Crippen LogP contribution in [0.3, 0.4) is 0 Å². The van der Waals surface area contributed by atoms with Crippen LogP contribution in [0, 0.1) is 11.8 Å². The molecule has 0 aromatic heterocycles. The Morgan fingerprint density at radius 2 is 1.96 bits per heavy atom. The van der Waals surface area contributed by atoms with Gasteiger partial charge in [-0.2, -0.15) is 0 Å². The number of esters is 1. The molecule has 2 rings (SSSR count). The van der Waals surface area contributed by atoms with E-state index in [1.165, 1.54) is 7.11 Å². The second kappa shape index (κ2) is 8.94. The number of rotatable bonds is 7. The third-order valence-electron chi connectivity index (χ3n) is 5.02. The summed E-state index contributed by atoms with van der Waals surface area (Å²) in [5.41, 5.74) is 0. The van der Waals surface area contributed by atoms with Gasteiger partial charge in [0.15, 0.2) is 6.29 Å². The quantitative estimate of drug-likeness (QED) is 0.281. The van der Waals surface area contributed by atoms with Gasteiger partial charge in [0.1, 0.15) is 0 Å². The Bertz CT molecular complexity index is 389. The zero-order valence-electron chi connectivity index (χ0n) is 13.9. The summed E-state index contributed by atoms with van der Waals surface area (Å²) in [6.07, 6.45) is 2.97. The van der Waals surface area contributed by atoms with Crippen LogP contribution in [-0.4, -0.2) is 60.9 Å². The van der Waals surface area contributed by atoms with E-state index in [-0.39, 0.29) is 34.3 Å². The number of aliphatic hydroxyl groups excluding tert-OH is 1. The van der Waals surface area contributed by atoms with E-state index < -0.39 is 6.10 Å². The molecule has 0 bridgehead atoms. The van der Waals surface area contributed by atoms with Gasteiger partial charge in [-0.1, -0.05) is 22.6 Å². The zero-order chi connectivity index (χ0) is 17.0. The highest BCUT2D eigenvalue weighted by Gasteiger charge is 2.47. The first-order valence-electron chi connectivity index (χ1n) is 8.10. The van der Waals surface area contributed by atoms with Crippen LogP contribution in [-0.2, 0) is 23.7 Å². The molecule has 7 heteroatoms. The number of hydrogen-bond donors (Lipinski definition) is 1. The Hall–Kier alpha value is 0.0400. The van der Waals surface area contributed by atoms with Crippen molar-refractivity contribution in [1.82, 2.24) is 0 Å². The minimum absolute atomic E-state index is 0.0173. The third-order valence-corrected chi connectivity index (χ3v) is 6.45. The molecule has 0 aromatic carbocycles. The Balaban J connectivity index is 1.89. The van der Waals surface area contributed by atoms with E-state index in [1.807, 2.05) is 0 Å². The largest absolute Gasteiger partial charge is 0.469 e. The Morgan fingerprint density at radius 3 is 2.57 bits per heavy atom. The number of methoxy groups -OCH3 is 3. The van der Waals surface area contributed by atoms with Crippen molar-refractivity contribution < 1.29 is 28.8 Å². The van der Waals surface area contributed by atoms with E-state index in [9.17, 15) is 9.90 Å². The van der Waals surface area contributed by atoms with Crippen LogP contribution < -0.4 is 0 Å². The topological polar surface area (TPSA) is 74.2 Å². The smallest absolute Gasteiger partial charge is 0.305 e. The molecule has 0 radical (unpaired) electrons. The number of aliphatic hydroxyl groups is 1. The molecule has 1 N–H and O–H groups in total. The lowest BCUT2D eigenvalue weighted by Crippen LogP contribution is -2.43. The summed E-state index contributed by atoms with van der Waals surface area (Å²) in [7, 11) is 4.62. The van der Waals surface area contributed by atoms with E-state index >= 15 is 0 Å². The van der Waals surface area contributed by atoms with Crippen LogP contribution in [0.4, 0.5) is 0 Å². The summed E-state index contributed by atoms with van der Waals surface area (Å²) < 4.78 is 21.8. The monoisotopic (exact) mass is 442 g/mol. The van der Waals surface area contributed by atoms with Crippen molar-refractivity contribution >= 4 is 28.6 Å². The molecule has 1 saturated heterocycles. The molecule has 0 aromatic rings. The van der Waals surface area contributed by atoms with Gasteiger partial charge in [0.25, 0.3) is 0 Å². The minimum atomic E-state index is -0.470. The fourth-order valence-electron chi connectivity index (χ4n) is 3.77. The molecule has 0 amide bonds. The molecule has 0 spiro atoms. The summed E-state index contributed by atoms with van der Waals surface area (Å²) in [6.45, 7) is 0. The molecule has 6 unspecified atom stereocenters. The molecule has 6 nitrogen and oxygen atoms in total. The van der Waals surface area contributed by atoms with Gasteiger partial charge in [-0.25, -0.2) is 0 Å². The average molecular weight is 442 g/mol. The number of hydrogen-bond acceptors (Lipinski definition) is 6. The van der Waals surface area contributed by atoms with Crippen molar-refractivity contribution in [2.24, 2.45) is 11.8 Å². The first-order chi connectivity index (χ1) is 11.0. The van der Waals surface area contributed by atoms with Gasteiger partial charge >= 0.3 is 5.97 Å². The predicted molar refractivity (Wildman–Crippen MR) is 92.4 cm³/mol. The number of carbonyl (C=O) groups excluding carboxylic acids is 1. The van der Waals surface area contributed by atoms with Crippen molar-refractivity contribution in [3.63, 3.8) is 0 Å². The molecule has 2 fully saturated rings. The van der Waals surface area contributed by atoms with Crippen LogP contribution in [0.1, 0.15) is 32.1 Å². The highest BCUT2D eigenvalue weighted by atomic mass is 127. The zero-order valence-corrected chi connectivity index (χ0v) is 16.1. The number of alkyl halides is 1. The molecule has 6 atom stereocenters. The third kappa shape index (κ3) is 4.78. The lowest BCUT2D eigenvalue weighted by atomic mass is 9.76. The van der Waals surface area contributed by atoms with E-state index in [4.69, 9.17) is 18.9 Å². The fraction of sp³-hybridized carbons (Fsp3) is 0.938. The maximum Gasteiger partial charge on any atom is 0.305 e. The summed E-state index contributed by atoms with van der Waals surface area (Å²) in [4.78, 5) is 11.3. The van der Waals surface area contributed by atoms with Gasteiger partial charge in [0.05, 0.1) is 25.4 Å². The van der Waals surface area contributed by atoms with Crippen LogP contribution in [0.25, 0.3) is 0 Å². The highest BCUT2D eigenvalue weighted by molar-refractivity contribution is 14.1. The van der Waals surface area contributed by atoms with Gasteiger partial charge < -0.3 is 24.1 Å². The molecule has 134 valence electrons. The first-order valence-corrected chi connectivity index (χ1v) is 9.34. The lowest BCUT2D eigenvalue weighted by molar-refractivity contribution is -0.181. The van der Waals surface area contributed by atoms with E-state index in [0.717, 1.165) is 19.3 Å². The Kier molecular flexibility index (Phi) is 7.53. The van der Waals surface area contributed by atoms with Crippen molar-refractivity contribution in [2.45, 2.75) is 60.6 Å². The van der Waals surface area contributed by atoms with Gasteiger partial charge in [-0.05, 0) is 25.2 Å². The SMILES string of the molecule is COC(=O)CCC(I)C1CC2CC(C(OC)OC)C(O)CC2O1. The Labute approximate surface area is 151 Å². The molecule has 23 heavy (non-hydrogen) atoms. The normalized spacial score (nSPS) is 35.1. The summed E-state index contributed by atoms with van der Waals surface area (Å²) in [5.74, 6) is 0.216. The molecular weight excluding hydrogens is 415 g/mol. The molecule has 1 aliphatic carbocycles. The second-order valence-electron chi connectivity index (χ2n) is 6.38. The standard InChI is InChI=1S/C16H27IO6/c1-20-15(19)5-4-11(17)14-7-9-6-10(16(21-2)22-3)12(18)8-13(9)23-14/h9-14,16,18H,4-8H2,1-3H3. The van der Waals surface area contributed by atoms with E-state index in [2.05, 4.69) is 22.6 Å². The van der Waals surface area contributed by atoms with Crippen molar-refractivity contribution in [1.29, 1.82) is 0 Å². The maximum absolute atomic E-state index is 11.3. The number of ether oxygens (including phenoxy) is 4. The number of fused-ring (bicyclic) bond motifs is 1. The number of carbonyl (C=O) groups is 1. The summed E-state index contributed by atoms with van der Waals surface area (Å²) in [6, 6.07) is 0. The molecule has 2 aliphatic rings. The van der Waals surface area contributed by atoms with Gasteiger partial charge in [-0.3, -0.25) is 4.79 Å². The fourth-order valence-corrected chi connectivity index (χ4v) is 4.55. The van der Waals surface area contributed by atoms with Crippen molar-refractivity contribution in [2.75, 3.05) is 21.3 Å². The predicted octanol–water partition coefficient (Wildman–Crippen LogP) is 1.91. The van der Waals surface area contributed by atoms with Crippen LogP contribution >= 0.6 is 22.6 Å². The van der Waals surface area contributed by atoms with Crippen LogP contribution in [0.5, 0.6) is 0 Å². The number of halogens is 1. The van der Waals surface area contributed by atoms with Crippen LogP contribution in [0.15, 0.2) is 0 Å². The second-order valence-corrected chi connectivity index (χ2v) is 7.98. The van der Waals surface area contributed by atoms with Gasteiger partial charge in [0, 0.05) is 36.9 Å². The van der Waals surface area contributed by atoms with E-state index in [1.54, 1.807) is 14.2 Å². The maximum atomic E-state index is 11.3. The molecular formula is C16H27IO6. The molecule has 1 heterocycles.